The van der Waals surface area contributed by atoms with E-state index in [2.05, 4.69) is 21.4 Å². The van der Waals surface area contributed by atoms with Gasteiger partial charge >= 0.3 is 0 Å². The molecule has 0 saturated carbocycles. The van der Waals surface area contributed by atoms with Crippen LogP contribution >= 0.6 is 15.9 Å². The molecule has 0 atom stereocenters. The van der Waals surface area contributed by atoms with Gasteiger partial charge in [0.25, 0.3) is 5.56 Å². The van der Waals surface area contributed by atoms with Crippen LogP contribution in [0.15, 0.2) is 63.9 Å². The highest BCUT2D eigenvalue weighted by Gasteiger charge is 2.19. The van der Waals surface area contributed by atoms with E-state index in [9.17, 15) is 9.18 Å². The maximum Gasteiger partial charge on any atom is 0.280 e. The van der Waals surface area contributed by atoms with Crippen LogP contribution in [-0.4, -0.2) is 31.0 Å². The number of rotatable bonds is 7. The maximum absolute atomic E-state index is 14.3. The smallest absolute Gasteiger partial charge is 0.280 e. The third-order valence-corrected chi connectivity index (χ3v) is 5.63. The Morgan fingerprint density at radius 3 is 2.36 bits per heavy atom. The summed E-state index contributed by atoms with van der Waals surface area (Å²) in [4.78, 5) is 18.1. The molecule has 4 aromatic rings. The Morgan fingerprint density at radius 1 is 1.00 bits per heavy atom. The van der Waals surface area contributed by atoms with Crippen molar-refractivity contribution >= 4 is 26.8 Å². The lowest BCUT2D eigenvalue weighted by atomic mass is 10.1. The summed E-state index contributed by atoms with van der Waals surface area (Å²) in [7, 11) is 4.53. The number of nitrogens with one attached hydrogen (secondary N) is 1. The molecule has 1 N–H and O–H groups in total. The highest BCUT2D eigenvalue weighted by molar-refractivity contribution is 9.10. The summed E-state index contributed by atoms with van der Waals surface area (Å²) >= 11 is 3.35. The first-order valence-electron chi connectivity index (χ1n) is 9.96. The van der Waals surface area contributed by atoms with Crippen molar-refractivity contribution in [1.29, 1.82) is 0 Å². The summed E-state index contributed by atoms with van der Waals surface area (Å²) in [5, 5.41) is 0.427. The van der Waals surface area contributed by atoms with Crippen LogP contribution in [0.25, 0.3) is 22.3 Å². The predicted octanol–water partition coefficient (Wildman–Crippen LogP) is 4.73. The number of ether oxygens (including phenoxy) is 3. The molecule has 0 fully saturated rings. The highest BCUT2D eigenvalue weighted by atomic mass is 79.9. The van der Waals surface area contributed by atoms with Gasteiger partial charge in [-0.05, 0) is 42.5 Å². The number of halogens is 2. The second kappa shape index (κ2) is 9.50. The topological polar surface area (TPSA) is 74.6 Å². The van der Waals surface area contributed by atoms with Crippen molar-refractivity contribution in [2.24, 2.45) is 0 Å². The monoisotopic (exact) mass is 513 g/mol. The van der Waals surface area contributed by atoms with Crippen LogP contribution in [0.2, 0.25) is 0 Å². The number of aromatic nitrogens is 2. The zero-order valence-corrected chi connectivity index (χ0v) is 19.8. The first kappa shape index (κ1) is 22.6. The van der Waals surface area contributed by atoms with Gasteiger partial charge in [-0.15, -0.1) is 0 Å². The Morgan fingerprint density at radius 2 is 1.70 bits per heavy atom. The molecule has 170 valence electrons. The van der Waals surface area contributed by atoms with E-state index >= 15 is 0 Å². The summed E-state index contributed by atoms with van der Waals surface area (Å²) in [5.41, 5.74) is 4.17. The number of fused-ring (bicyclic) bond motifs is 1. The summed E-state index contributed by atoms with van der Waals surface area (Å²) < 4.78 is 32.7. The molecule has 0 saturated heterocycles. The average molecular weight is 514 g/mol. The highest BCUT2D eigenvalue weighted by Crippen LogP contribution is 2.40. The van der Waals surface area contributed by atoms with Gasteiger partial charge in [0.15, 0.2) is 17.3 Å². The van der Waals surface area contributed by atoms with Crippen LogP contribution in [0.1, 0.15) is 5.56 Å². The second-order valence-corrected chi connectivity index (χ2v) is 7.99. The molecule has 0 bridgehead atoms. The SMILES string of the molecule is COc1cc(-c2nc3ccccc3c(=O)n2NCc2cc(Br)ccc2F)cc(OC)c1OC. The molecule has 0 amide bonds. The fraction of sp³-hybridized carbons (Fsp3) is 0.167. The van der Waals surface area contributed by atoms with Crippen molar-refractivity contribution in [3.63, 3.8) is 0 Å². The van der Waals surface area contributed by atoms with Gasteiger partial charge < -0.3 is 19.6 Å². The average Bonchev–Trinajstić information content (AvgIpc) is 2.84. The van der Waals surface area contributed by atoms with Crippen molar-refractivity contribution in [1.82, 2.24) is 9.66 Å². The number of para-hydroxylation sites is 1. The number of nitrogens with zero attached hydrogens (tertiary/aromatic N) is 2. The summed E-state index contributed by atoms with van der Waals surface area (Å²) in [6.07, 6.45) is 0. The summed E-state index contributed by atoms with van der Waals surface area (Å²) in [6.45, 7) is 0.0582. The van der Waals surface area contributed by atoms with Gasteiger partial charge in [-0.2, -0.15) is 0 Å². The Labute approximate surface area is 197 Å². The lowest BCUT2D eigenvalue weighted by molar-refractivity contribution is 0.324. The van der Waals surface area contributed by atoms with Crippen LogP contribution in [0.3, 0.4) is 0 Å². The standard InChI is InChI=1S/C24H21BrFN3O4/c1-31-20-11-14(12-21(32-2)22(20)33-3)23-28-19-7-5-4-6-17(19)24(30)29(23)27-13-15-10-16(25)8-9-18(15)26/h4-12,27H,13H2,1-3H3. The summed E-state index contributed by atoms with van der Waals surface area (Å²) in [6, 6.07) is 15.1. The summed E-state index contributed by atoms with van der Waals surface area (Å²) in [5.74, 6) is 1.18. The predicted molar refractivity (Wildman–Crippen MR) is 128 cm³/mol. The van der Waals surface area contributed by atoms with Crippen molar-refractivity contribution < 1.29 is 18.6 Å². The van der Waals surface area contributed by atoms with Crippen LogP contribution in [0.4, 0.5) is 4.39 Å². The van der Waals surface area contributed by atoms with E-state index in [0.717, 1.165) is 4.47 Å². The Hall–Kier alpha value is -3.59. The van der Waals surface area contributed by atoms with Crippen molar-refractivity contribution in [3.05, 3.63) is 80.8 Å². The van der Waals surface area contributed by atoms with Crippen LogP contribution in [0, 0.1) is 5.82 Å². The third kappa shape index (κ3) is 4.36. The lowest BCUT2D eigenvalue weighted by Crippen LogP contribution is -2.31. The quantitative estimate of drug-likeness (QED) is 0.385. The molecule has 7 nitrogen and oxygen atoms in total. The molecule has 0 radical (unpaired) electrons. The fourth-order valence-corrected chi connectivity index (χ4v) is 3.93. The zero-order valence-electron chi connectivity index (χ0n) is 18.2. The molecule has 1 heterocycles. The van der Waals surface area contributed by atoms with Gasteiger partial charge in [-0.3, -0.25) is 4.79 Å². The van der Waals surface area contributed by atoms with E-state index in [4.69, 9.17) is 19.2 Å². The number of benzene rings is 3. The van der Waals surface area contributed by atoms with Gasteiger partial charge in [-0.25, -0.2) is 14.1 Å². The minimum Gasteiger partial charge on any atom is -0.493 e. The molecular weight excluding hydrogens is 493 g/mol. The first-order chi connectivity index (χ1) is 16.0. The van der Waals surface area contributed by atoms with Gasteiger partial charge in [-0.1, -0.05) is 28.1 Å². The maximum atomic E-state index is 14.3. The van der Waals surface area contributed by atoms with Gasteiger partial charge in [0, 0.05) is 15.6 Å². The van der Waals surface area contributed by atoms with Crippen LogP contribution in [-0.2, 0) is 6.54 Å². The van der Waals surface area contributed by atoms with Gasteiger partial charge in [0.1, 0.15) is 5.82 Å². The molecule has 0 aliphatic heterocycles. The molecule has 3 aromatic carbocycles. The lowest BCUT2D eigenvalue weighted by Gasteiger charge is -2.18. The molecule has 9 heteroatoms. The van der Waals surface area contributed by atoms with Gasteiger partial charge in [0.05, 0.1) is 38.8 Å². The number of hydrogen-bond acceptors (Lipinski definition) is 6. The molecule has 0 aliphatic rings. The van der Waals surface area contributed by atoms with Crippen molar-refractivity contribution in [2.75, 3.05) is 26.8 Å². The minimum atomic E-state index is -0.387. The second-order valence-electron chi connectivity index (χ2n) is 7.08. The minimum absolute atomic E-state index is 0.0582. The molecule has 0 aliphatic carbocycles. The van der Waals surface area contributed by atoms with E-state index in [1.807, 2.05) is 6.07 Å². The van der Waals surface area contributed by atoms with Crippen LogP contribution < -0.4 is 25.2 Å². The first-order valence-corrected chi connectivity index (χ1v) is 10.8. The van der Waals surface area contributed by atoms with E-state index < -0.39 is 0 Å². The van der Waals surface area contributed by atoms with E-state index in [1.54, 1.807) is 42.5 Å². The molecule has 1 aromatic heterocycles. The van der Waals surface area contributed by atoms with E-state index in [0.29, 0.717) is 45.1 Å². The Kier molecular flexibility index (Phi) is 6.50. The molecule has 4 rings (SSSR count). The number of methoxy groups -OCH3 is 3. The molecule has 0 spiro atoms. The molecular formula is C24H21BrFN3O4. The Balaban J connectivity index is 1.91. The molecule has 33 heavy (non-hydrogen) atoms. The van der Waals surface area contributed by atoms with Crippen molar-refractivity contribution in [3.8, 4) is 28.6 Å². The largest absolute Gasteiger partial charge is 0.493 e. The van der Waals surface area contributed by atoms with E-state index in [-0.39, 0.29) is 17.9 Å². The van der Waals surface area contributed by atoms with E-state index in [1.165, 1.54) is 32.1 Å². The number of hydrogen-bond donors (Lipinski definition) is 1. The van der Waals surface area contributed by atoms with Crippen LogP contribution in [0.5, 0.6) is 17.2 Å². The Bertz CT molecular complexity index is 1370. The van der Waals surface area contributed by atoms with Gasteiger partial charge in [0.2, 0.25) is 5.75 Å². The molecule has 0 unspecified atom stereocenters. The van der Waals surface area contributed by atoms with Crippen molar-refractivity contribution in [2.45, 2.75) is 6.54 Å². The normalized spacial score (nSPS) is 10.8. The third-order valence-electron chi connectivity index (χ3n) is 5.13. The fourth-order valence-electron chi connectivity index (χ4n) is 3.53. The zero-order chi connectivity index (χ0) is 23.5.